The minimum atomic E-state index is 0.911. The van der Waals surface area contributed by atoms with Crippen LogP contribution in [-0.4, -0.2) is 4.57 Å². The van der Waals surface area contributed by atoms with E-state index in [0.717, 1.165) is 50.1 Å². The fraction of sp³-hybridized carbons (Fsp3) is 0. The average molecular weight is 627 g/mol. The molecule has 3 heteroatoms. The predicted octanol–water partition coefficient (Wildman–Crippen LogP) is 13.0. The van der Waals surface area contributed by atoms with E-state index in [1.54, 1.807) is 0 Å². The van der Waals surface area contributed by atoms with Crippen LogP contribution in [-0.2, 0) is 0 Å². The van der Waals surface area contributed by atoms with Crippen molar-refractivity contribution in [3.05, 3.63) is 182 Å². The Balaban J connectivity index is 1.21. The van der Waals surface area contributed by atoms with Crippen LogP contribution in [0.3, 0.4) is 0 Å². The Bertz CT molecular complexity index is 2830. The van der Waals surface area contributed by atoms with Gasteiger partial charge >= 0.3 is 0 Å². The van der Waals surface area contributed by atoms with Gasteiger partial charge in [0.1, 0.15) is 11.2 Å². The summed E-state index contributed by atoms with van der Waals surface area (Å²) < 4.78 is 8.60. The highest BCUT2D eigenvalue weighted by atomic mass is 16.3. The molecule has 0 bridgehead atoms. The first-order chi connectivity index (χ1) is 24.3. The van der Waals surface area contributed by atoms with Gasteiger partial charge in [-0.15, -0.1) is 0 Å². The number of rotatable bonds is 5. The third kappa shape index (κ3) is 4.51. The zero-order valence-corrected chi connectivity index (χ0v) is 26.6. The number of anilines is 3. The van der Waals surface area contributed by atoms with Crippen LogP contribution in [0.5, 0.6) is 0 Å². The smallest absolute Gasteiger partial charge is 0.136 e. The van der Waals surface area contributed by atoms with E-state index in [2.05, 4.69) is 179 Å². The second-order valence-corrected chi connectivity index (χ2v) is 12.6. The first-order valence-corrected chi connectivity index (χ1v) is 16.7. The number of hydrogen-bond donors (Lipinski definition) is 0. The zero-order valence-electron chi connectivity index (χ0n) is 26.6. The molecular formula is C46H30N2O. The lowest BCUT2D eigenvalue weighted by Crippen LogP contribution is -2.10. The quantitative estimate of drug-likeness (QED) is 0.190. The van der Waals surface area contributed by atoms with E-state index in [9.17, 15) is 0 Å². The van der Waals surface area contributed by atoms with Gasteiger partial charge in [-0.05, 0) is 101 Å². The molecule has 0 radical (unpaired) electrons. The van der Waals surface area contributed by atoms with Crippen molar-refractivity contribution in [2.45, 2.75) is 0 Å². The molecule has 0 amide bonds. The van der Waals surface area contributed by atoms with Crippen LogP contribution in [0.1, 0.15) is 0 Å². The molecule has 0 N–H and O–H groups in total. The molecule has 0 fully saturated rings. The minimum Gasteiger partial charge on any atom is -0.456 e. The summed E-state index contributed by atoms with van der Waals surface area (Å²) >= 11 is 0. The Morgan fingerprint density at radius 1 is 0.367 bits per heavy atom. The van der Waals surface area contributed by atoms with Gasteiger partial charge in [0.2, 0.25) is 0 Å². The molecule has 0 aliphatic carbocycles. The van der Waals surface area contributed by atoms with Crippen LogP contribution in [0, 0.1) is 0 Å². The summed E-state index contributed by atoms with van der Waals surface area (Å²) in [6, 6.07) is 65.1. The lowest BCUT2D eigenvalue weighted by Gasteiger charge is -2.26. The Kier molecular flexibility index (Phi) is 6.18. The summed E-state index contributed by atoms with van der Waals surface area (Å²) in [5, 5.41) is 7.03. The van der Waals surface area contributed by atoms with Crippen LogP contribution in [0.4, 0.5) is 17.1 Å². The standard InChI is InChI=1S/C46H30N2O/c1-3-12-31(13-4-1)32-14-11-17-36(26-32)47(37-23-22-33-29-46-42(28-34(33)27-37)40-19-8-10-21-45(40)49-46)38-24-25-44-41(30-38)39-18-7-9-20-43(39)48(44)35-15-5-2-6-16-35/h1-30H. The first-order valence-electron chi connectivity index (χ1n) is 16.7. The van der Waals surface area contributed by atoms with Crippen LogP contribution in [0.25, 0.3) is 71.3 Å². The van der Waals surface area contributed by atoms with Crippen molar-refractivity contribution < 1.29 is 4.42 Å². The third-order valence-corrected chi connectivity index (χ3v) is 9.72. The van der Waals surface area contributed by atoms with Crippen LogP contribution in [0.15, 0.2) is 186 Å². The Morgan fingerprint density at radius 2 is 1.04 bits per heavy atom. The van der Waals surface area contributed by atoms with E-state index in [1.165, 1.54) is 38.3 Å². The molecule has 8 aromatic carbocycles. The minimum absolute atomic E-state index is 0.911. The molecular weight excluding hydrogens is 597 g/mol. The number of furan rings is 1. The van der Waals surface area contributed by atoms with Crippen molar-refractivity contribution >= 4 is 71.6 Å². The number of fused-ring (bicyclic) bond motifs is 7. The third-order valence-electron chi connectivity index (χ3n) is 9.72. The maximum Gasteiger partial charge on any atom is 0.136 e. The molecule has 49 heavy (non-hydrogen) atoms. The molecule has 2 aromatic heterocycles. The van der Waals surface area contributed by atoms with E-state index in [-0.39, 0.29) is 0 Å². The first kappa shape index (κ1) is 27.5. The van der Waals surface area contributed by atoms with Gasteiger partial charge in [-0.2, -0.15) is 0 Å². The normalized spacial score (nSPS) is 11.7. The topological polar surface area (TPSA) is 21.3 Å². The van der Waals surface area contributed by atoms with E-state index >= 15 is 0 Å². The SMILES string of the molecule is c1ccc(-c2cccc(N(c3ccc4cc5oc6ccccc6c5cc4c3)c3ccc4c(c3)c3ccccc3n4-c3ccccc3)c2)cc1. The van der Waals surface area contributed by atoms with E-state index in [1.807, 2.05) is 12.1 Å². The maximum atomic E-state index is 6.23. The number of aromatic nitrogens is 1. The van der Waals surface area contributed by atoms with Gasteiger partial charge in [-0.25, -0.2) is 0 Å². The molecule has 0 saturated carbocycles. The number of para-hydroxylation sites is 3. The van der Waals surface area contributed by atoms with Gasteiger partial charge in [0, 0.05) is 44.3 Å². The van der Waals surface area contributed by atoms with E-state index in [4.69, 9.17) is 4.42 Å². The predicted molar refractivity (Wildman–Crippen MR) is 206 cm³/mol. The molecule has 0 spiro atoms. The van der Waals surface area contributed by atoms with Gasteiger partial charge < -0.3 is 13.9 Å². The van der Waals surface area contributed by atoms with Gasteiger partial charge in [-0.1, -0.05) is 103 Å². The second kappa shape index (κ2) is 11.0. The van der Waals surface area contributed by atoms with Crippen LogP contribution < -0.4 is 4.90 Å². The average Bonchev–Trinajstić information content (AvgIpc) is 3.70. The van der Waals surface area contributed by atoms with Crippen LogP contribution in [0.2, 0.25) is 0 Å². The summed E-state index contributed by atoms with van der Waals surface area (Å²) in [6.07, 6.45) is 0. The number of nitrogens with zero attached hydrogens (tertiary/aromatic N) is 2. The fourth-order valence-electron chi connectivity index (χ4n) is 7.45. The Morgan fingerprint density at radius 3 is 1.92 bits per heavy atom. The summed E-state index contributed by atoms with van der Waals surface area (Å²) in [7, 11) is 0. The zero-order chi connectivity index (χ0) is 32.3. The molecule has 3 nitrogen and oxygen atoms in total. The lowest BCUT2D eigenvalue weighted by molar-refractivity contribution is 0.669. The van der Waals surface area contributed by atoms with Gasteiger partial charge in [-0.3, -0.25) is 0 Å². The summed E-state index contributed by atoms with van der Waals surface area (Å²) in [5.41, 5.74) is 11.0. The van der Waals surface area contributed by atoms with Crippen molar-refractivity contribution in [1.82, 2.24) is 4.57 Å². The highest BCUT2D eigenvalue weighted by molar-refractivity contribution is 6.12. The summed E-state index contributed by atoms with van der Waals surface area (Å²) in [6.45, 7) is 0. The van der Waals surface area contributed by atoms with Crippen molar-refractivity contribution in [2.24, 2.45) is 0 Å². The Labute approximate surface area is 283 Å². The van der Waals surface area contributed by atoms with Gasteiger partial charge in [0.15, 0.2) is 0 Å². The van der Waals surface area contributed by atoms with Crippen molar-refractivity contribution in [2.75, 3.05) is 4.90 Å². The van der Waals surface area contributed by atoms with Crippen molar-refractivity contribution in [3.63, 3.8) is 0 Å². The molecule has 0 atom stereocenters. The van der Waals surface area contributed by atoms with Crippen molar-refractivity contribution in [3.8, 4) is 16.8 Å². The molecule has 0 saturated heterocycles. The second-order valence-electron chi connectivity index (χ2n) is 12.6. The highest BCUT2D eigenvalue weighted by Crippen LogP contribution is 2.42. The monoisotopic (exact) mass is 626 g/mol. The largest absolute Gasteiger partial charge is 0.456 e. The molecule has 0 aliphatic rings. The van der Waals surface area contributed by atoms with E-state index in [0.29, 0.717) is 0 Å². The van der Waals surface area contributed by atoms with Gasteiger partial charge in [0.05, 0.1) is 11.0 Å². The lowest BCUT2D eigenvalue weighted by atomic mass is 10.0. The highest BCUT2D eigenvalue weighted by Gasteiger charge is 2.19. The molecule has 230 valence electrons. The maximum absolute atomic E-state index is 6.23. The van der Waals surface area contributed by atoms with Crippen LogP contribution >= 0.6 is 0 Å². The van der Waals surface area contributed by atoms with E-state index < -0.39 is 0 Å². The Hall–Kier alpha value is -6.58. The molecule has 0 aliphatic heterocycles. The fourth-order valence-corrected chi connectivity index (χ4v) is 7.45. The molecule has 0 unspecified atom stereocenters. The molecule has 10 aromatic rings. The molecule has 2 heterocycles. The number of hydrogen-bond acceptors (Lipinski definition) is 2. The summed E-state index contributed by atoms with van der Waals surface area (Å²) in [5.74, 6) is 0. The number of benzene rings is 8. The van der Waals surface area contributed by atoms with Gasteiger partial charge in [0.25, 0.3) is 0 Å². The van der Waals surface area contributed by atoms with Crippen molar-refractivity contribution in [1.29, 1.82) is 0 Å². The summed E-state index contributed by atoms with van der Waals surface area (Å²) in [4.78, 5) is 2.39. The molecule has 10 rings (SSSR count).